The van der Waals surface area contributed by atoms with Crippen molar-refractivity contribution in [1.82, 2.24) is 5.32 Å². The van der Waals surface area contributed by atoms with Gasteiger partial charge >= 0.3 is 6.03 Å². The highest BCUT2D eigenvalue weighted by Gasteiger charge is 2.11. The lowest BCUT2D eigenvalue weighted by Gasteiger charge is -2.06. The van der Waals surface area contributed by atoms with Gasteiger partial charge in [-0.05, 0) is 24.6 Å². The zero-order valence-corrected chi connectivity index (χ0v) is 13.0. The van der Waals surface area contributed by atoms with Gasteiger partial charge in [-0.3, -0.25) is 10.1 Å². The van der Waals surface area contributed by atoms with Crippen molar-refractivity contribution in [2.24, 2.45) is 0 Å². The molecule has 2 aromatic rings. The first kappa shape index (κ1) is 16.5. The number of carbonyl (C=O) groups excluding carboxylic acids is 1. The van der Waals surface area contributed by atoms with Crippen molar-refractivity contribution in [3.05, 3.63) is 74.9 Å². The zero-order chi connectivity index (χ0) is 16.8. The molecule has 7 heteroatoms. The molecule has 0 aromatic heterocycles. The van der Waals surface area contributed by atoms with Crippen LogP contribution in [0, 0.1) is 17.0 Å². The molecule has 0 unspecified atom stereocenters. The normalized spacial score (nSPS) is 10.5. The molecule has 0 saturated carbocycles. The second-order valence-electron chi connectivity index (χ2n) is 4.77. The molecule has 0 spiro atoms. The number of non-ortho nitro benzene ring substituents is 1. The second-order valence-corrected chi connectivity index (χ2v) is 5.17. The van der Waals surface area contributed by atoms with E-state index in [2.05, 4.69) is 10.6 Å². The summed E-state index contributed by atoms with van der Waals surface area (Å²) >= 11 is 5.91. The summed E-state index contributed by atoms with van der Waals surface area (Å²) in [5, 5.41) is 15.9. The minimum atomic E-state index is -0.558. The molecule has 2 rings (SSSR count). The number of aryl methyl sites for hydroxylation is 1. The summed E-state index contributed by atoms with van der Waals surface area (Å²) in [6.07, 6.45) is 3.22. The van der Waals surface area contributed by atoms with Crippen molar-refractivity contribution in [2.45, 2.75) is 6.92 Å². The van der Waals surface area contributed by atoms with Crippen LogP contribution in [0.1, 0.15) is 11.1 Å². The van der Waals surface area contributed by atoms with Crippen molar-refractivity contribution in [3.63, 3.8) is 0 Å². The number of urea groups is 1. The summed E-state index contributed by atoms with van der Waals surface area (Å²) in [7, 11) is 0. The predicted molar refractivity (Wildman–Crippen MR) is 90.5 cm³/mol. The van der Waals surface area contributed by atoms with E-state index >= 15 is 0 Å². The van der Waals surface area contributed by atoms with Crippen LogP contribution in [0.4, 0.5) is 16.2 Å². The van der Waals surface area contributed by atoms with Crippen molar-refractivity contribution in [3.8, 4) is 0 Å². The van der Waals surface area contributed by atoms with Gasteiger partial charge in [0.05, 0.1) is 15.6 Å². The first-order valence-electron chi connectivity index (χ1n) is 6.70. The highest BCUT2D eigenvalue weighted by atomic mass is 35.5. The largest absolute Gasteiger partial charge is 0.323 e. The van der Waals surface area contributed by atoms with Crippen LogP contribution in [0.5, 0.6) is 0 Å². The Hall–Kier alpha value is -2.86. The number of nitro benzene ring substituents is 1. The van der Waals surface area contributed by atoms with E-state index in [0.717, 1.165) is 11.1 Å². The van der Waals surface area contributed by atoms with Crippen molar-refractivity contribution in [1.29, 1.82) is 0 Å². The number of benzene rings is 2. The van der Waals surface area contributed by atoms with Gasteiger partial charge in [0.2, 0.25) is 0 Å². The number of amides is 2. The Balaban J connectivity index is 2.00. The molecule has 0 bridgehead atoms. The Morgan fingerprint density at radius 1 is 1.26 bits per heavy atom. The molecule has 0 heterocycles. The fourth-order valence-corrected chi connectivity index (χ4v) is 2.03. The van der Waals surface area contributed by atoms with Crippen LogP contribution in [-0.4, -0.2) is 11.0 Å². The van der Waals surface area contributed by atoms with Gasteiger partial charge in [0.25, 0.3) is 5.69 Å². The number of rotatable bonds is 4. The molecule has 0 aliphatic heterocycles. The second kappa shape index (κ2) is 7.42. The zero-order valence-electron chi connectivity index (χ0n) is 12.2. The molecule has 6 nitrogen and oxygen atoms in total. The third-order valence-corrected chi connectivity index (χ3v) is 3.27. The van der Waals surface area contributed by atoms with Crippen LogP contribution in [-0.2, 0) is 0 Å². The summed E-state index contributed by atoms with van der Waals surface area (Å²) in [5.74, 6) is 0. The Kier molecular flexibility index (Phi) is 5.32. The summed E-state index contributed by atoms with van der Waals surface area (Å²) in [4.78, 5) is 22.0. The summed E-state index contributed by atoms with van der Waals surface area (Å²) in [5.41, 5.74) is 2.07. The van der Waals surface area contributed by atoms with E-state index in [1.165, 1.54) is 24.4 Å². The van der Waals surface area contributed by atoms with Crippen LogP contribution < -0.4 is 10.6 Å². The number of anilines is 1. The minimum absolute atomic E-state index is 0.153. The SMILES string of the molecule is Cc1cccc(/C=C/NC(=O)Nc2cc([N+](=O)[O-])ccc2Cl)c1. The number of halogens is 1. The van der Waals surface area contributed by atoms with E-state index in [-0.39, 0.29) is 16.4 Å². The maximum absolute atomic E-state index is 11.8. The van der Waals surface area contributed by atoms with Gasteiger partial charge in [0, 0.05) is 18.3 Å². The van der Waals surface area contributed by atoms with Crippen molar-refractivity contribution in [2.75, 3.05) is 5.32 Å². The van der Waals surface area contributed by atoms with Crippen LogP contribution in [0.2, 0.25) is 5.02 Å². The fourth-order valence-electron chi connectivity index (χ4n) is 1.87. The van der Waals surface area contributed by atoms with Crippen molar-refractivity contribution >= 4 is 35.1 Å². The lowest BCUT2D eigenvalue weighted by atomic mass is 10.1. The van der Waals surface area contributed by atoms with Crippen LogP contribution in [0.3, 0.4) is 0 Å². The van der Waals surface area contributed by atoms with E-state index in [1.54, 1.807) is 6.08 Å². The molecular weight excluding hydrogens is 318 g/mol. The molecule has 23 heavy (non-hydrogen) atoms. The Morgan fingerprint density at radius 3 is 2.74 bits per heavy atom. The van der Waals surface area contributed by atoms with Crippen LogP contribution >= 0.6 is 11.6 Å². The number of hydrogen-bond donors (Lipinski definition) is 2. The van der Waals surface area contributed by atoms with E-state index < -0.39 is 11.0 Å². The van der Waals surface area contributed by atoms with Gasteiger partial charge in [-0.2, -0.15) is 0 Å². The first-order valence-corrected chi connectivity index (χ1v) is 7.08. The average molecular weight is 332 g/mol. The number of hydrogen-bond acceptors (Lipinski definition) is 3. The smallest absolute Gasteiger partial charge is 0.314 e. The minimum Gasteiger partial charge on any atom is -0.314 e. The van der Waals surface area contributed by atoms with Crippen LogP contribution in [0.15, 0.2) is 48.7 Å². The molecule has 2 amide bonds. The molecule has 118 valence electrons. The predicted octanol–water partition coefficient (Wildman–Crippen LogP) is 4.35. The Labute approximate surface area is 137 Å². The number of nitro groups is 1. The molecule has 2 aromatic carbocycles. The lowest BCUT2D eigenvalue weighted by Crippen LogP contribution is -2.23. The maximum Gasteiger partial charge on any atom is 0.323 e. The molecule has 0 saturated heterocycles. The monoisotopic (exact) mass is 331 g/mol. The van der Waals surface area contributed by atoms with Gasteiger partial charge in [0.15, 0.2) is 0 Å². The average Bonchev–Trinajstić information content (AvgIpc) is 2.49. The molecule has 0 radical (unpaired) electrons. The summed E-state index contributed by atoms with van der Waals surface area (Å²) in [6, 6.07) is 11.0. The number of carbonyl (C=O) groups is 1. The fraction of sp³-hybridized carbons (Fsp3) is 0.0625. The summed E-state index contributed by atoms with van der Waals surface area (Å²) in [6.45, 7) is 1.97. The quantitative estimate of drug-likeness (QED) is 0.645. The lowest BCUT2D eigenvalue weighted by molar-refractivity contribution is -0.384. The molecular formula is C16H14ClN3O3. The molecule has 0 aliphatic rings. The van der Waals surface area contributed by atoms with Crippen molar-refractivity contribution < 1.29 is 9.72 Å². The van der Waals surface area contributed by atoms with E-state index in [0.29, 0.717) is 0 Å². The van der Waals surface area contributed by atoms with E-state index in [4.69, 9.17) is 11.6 Å². The molecule has 0 aliphatic carbocycles. The van der Waals surface area contributed by atoms with Gasteiger partial charge in [-0.1, -0.05) is 41.4 Å². The number of nitrogens with zero attached hydrogens (tertiary/aromatic N) is 1. The Bertz CT molecular complexity index is 775. The van der Waals surface area contributed by atoms with E-state index in [1.807, 2.05) is 31.2 Å². The third kappa shape index (κ3) is 4.82. The van der Waals surface area contributed by atoms with Gasteiger partial charge in [0.1, 0.15) is 0 Å². The topological polar surface area (TPSA) is 84.3 Å². The Morgan fingerprint density at radius 2 is 2.04 bits per heavy atom. The van der Waals surface area contributed by atoms with Gasteiger partial charge in [-0.15, -0.1) is 0 Å². The van der Waals surface area contributed by atoms with E-state index in [9.17, 15) is 14.9 Å². The molecule has 2 N–H and O–H groups in total. The maximum atomic E-state index is 11.8. The van der Waals surface area contributed by atoms with Crippen LogP contribution in [0.25, 0.3) is 6.08 Å². The first-order chi connectivity index (χ1) is 11.0. The third-order valence-electron chi connectivity index (χ3n) is 2.94. The summed E-state index contributed by atoms with van der Waals surface area (Å²) < 4.78 is 0. The van der Waals surface area contributed by atoms with Gasteiger partial charge < -0.3 is 10.6 Å². The highest BCUT2D eigenvalue weighted by molar-refractivity contribution is 6.33. The number of nitrogens with one attached hydrogen (secondary N) is 2. The standard InChI is InChI=1S/C16H14ClN3O3/c1-11-3-2-4-12(9-11)7-8-18-16(21)19-15-10-13(20(22)23)5-6-14(15)17/h2-10H,1H3,(H2,18,19,21)/b8-7+. The molecule has 0 fully saturated rings. The molecule has 0 atom stereocenters. The van der Waals surface area contributed by atoms with Gasteiger partial charge in [-0.25, -0.2) is 4.79 Å². The highest BCUT2D eigenvalue weighted by Crippen LogP contribution is 2.26.